The fraction of sp³-hybridized carbons (Fsp3) is 0.480. The second-order valence-electron chi connectivity index (χ2n) is 8.93. The number of aliphatic imine (C=N–C) groups is 1. The van der Waals surface area contributed by atoms with Crippen LogP contribution in [0.5, 0.6) is 0 Å². The molecule has 4 unspecified atom stereocenters. The Balaban J connectivity index is 1.15. The van der Waals surface area contributed by atoms with Gasteiger partial charge in [-0.1, -0.05) is 60.7 Å². The quantitative estimate of drug-likeness (QED) is 0.603. The lowest BCUT2D eigenvalue weighted by Crippen LogP contribution is -2.52. The van der Waals surface area contributed by atoms with E-state index in [9.17, 15) is 0 Å². The van der Waals surface area contributed by atoms with E-state index in [2.05, 4.69) is 81.2 Å². The average Bonchev–Trinajstić information content (AvgIpc) is 3.49. The van der Waals surface area contributed by atoms with E-state index in [-0.39, 0.29) is 0 Å². The third-order valence-electron chi connectivity index (χ3n) is 7.00. The van der Waals surface area contributed by atoms with Crippen molar-refractivity contribution < 1.29 is 0 Å². The van der Waals surface area contributed by atoms with Crippen molar-refractivity contribution >= 4 is 5.96 Å². The number of benzene rings is 2. The van der Waals surface area contributed by atoms with Gasteiger partial charge in [-0.3, -0.25) is 9.89 Å². The first kappa shape index (κ1) is 18.7. The minimum Gasteiger partial charge on any atom is -0.354 e. The number of nitrogens with one attached hydrogen (secondary N) is 2. The zero-order chi connectivity index (χ0) is 19.6. The van der Waals surface area contributed by atoms with E-state index in [1.807, 2.05) is 7.05 Å². The number of hydrogen-bond donors (Lipinski definition) is 2. The van der Waals surface area contributed by atoms with Crippen LogP contribution in [0.25, 0.3) is 0 Å². The van der Waals surface area contributed by atoms with Gasteiger partial charge in [0.25, 0.3) is 0 Å². The molecule has 2 N–H and O–H groups in total. The van der Waals surface area contributed by atoms with Gasteiger partial charge in [0.15, 0.2) is 5.96 Å². The van der Waals surface area contributed by atoms with Gasteiger partial charge >= 0.3 is 0 Å². The molecule has 0 aromatic heterocycles. The molecule has 4 nitrogen and oxygen atoms in total. The molecule has 2 aromatic carbocycles. The van der Waals surface area contributed by atoms with Gasteiger partial charge in [-0.25, -0.2) is 0 Å². The number of nitrogens with zero attached hydrogens (tertiary/aromatic N) is 2. The van der Waals surface area contributed by atoms with Crippen molar-refractivity contribution in [1.82, 2.24) is 15.5 Å². The molecule has 2 bridgehead atoms. The highest BCUT2D eigenvalue weighted by Gasteiger charge is 2.42. The first-order valence-corrected chi connectivity index (χ1v) is 11.1. The Labute approximate surface area is 174 Å². The predicted molar refractivity (Wildman–Crippen MR) is 119 cm³/mol. The van der Waals surface area contributed by atoms with Gasteiger partial charge in [-0.2, -0.15) is 0 Å². The highest BCUT2D eigenvalue weighted by Crippen LogP contribution is 2.41. The molecule has 152 valence electrons. The normalized spacial score (nSPS) is 31.5. The second kappa shape index (κ2) is 8.19. The summed E-state index contributed by atoms with van der Waals surface area (Å²) in [6.45, 7) is 1.09. The lowest BCUT2D eigenvalue weighted by molar-refractivity contribution is 0.114. The van der Waals surface area contributed by atoms with Gasteiger partial charge in [0.2, 0.25) is 0 Å². The van der Waals surface area contributed by atoms with Crippen LogP contribution in [0.4, 0.5) is 0 Å². The summed E-state index contributed by atoms with van der Waals surface area (Å²) < 4.78 is 0. The predicted octanol–water partition coefficient (Wildman–Crippen LogP) is 3.90. The summed E-state index contributed by atoms with van der Waals surface area (Å²) in [7, 11) is 1.90. The zero-order valence-electron chi connectivity index (χ0n) is 17.3. The lowest BCUT2D eigenvalue weighted by atomic mass is 9.96. The lowest BCUT2D eigenvalue weighted by Gasteiger charge is -2.39. The van der Waals surface area contributed by atoms with E-state index in [0.717, 1.165) is 12.5 Å². The van der Waals surface area contributed by atoms with Crippen LogP contribution in [0.1, 0.15) is 49.1 Å². The molecule has 3 fully saturated rings. The van der Waals surface area contributed by atoms with Gasteiger partial charge in [-0.05, 0) is 43.2 Å². The monoisotopic (exact) mass is 388 g/mol. The molecule has 4 heteroatoms. The fourth-order valence-electron chi connectivity index (χ4n) is 5.41. The number of hydrogen-bond acceptors (Lipinski definition) is 2. The summed E-state index contributed by atoms with van der Waals surface area (Å²) in [5.74, 6) is 1.60. The largest absolute Gasteiger partial charge is 0.354 e. The Morgan fingerprint density at radius 3 is 2.21 bits per heavy atom. The maximum absolute atomic E-state index is 4.53. The minimum atomic E-state index is 0.512. The third kappa shape index (κ3) is 4.18. The maximum atomic E-state index is 4.53. The van der Waals surface area contributed by atoms with Crippen LogP contribution in [-0.4, -0.2) is 42.1 Å². The summed E-state index contributed by atoms with van der Waals surface area (Å²) in [5.41, 5.74) is 2.88. The Kier molecular flexibility index (Phi) is 5.28. The number of fused-ring (bicyclic) bond motifs is 2. The van der Waals surface area contributed by atoms with Crippen LogP contribution in [0.15, 0.2) is 65.7 Å². The topological polar surface area (TPSA) is 39.7 Å². The molecule has 1 saturated carbocycles. The van der Waals surface area contributed by atoms with E-state index < -0.39 is 0 Å². The molecular formula is C25H32N4. The highest BCUT2D eigenvalue weighted by molar-refractivity contribution is 5.80. The maximum Gasteiger partial charge on any atom is 0.191 e. The van der Waals surface area contributed by atoms with Crippen molar-refractivity contribution in [3.8, 4) is 0 Å². The van der Waals surface area contributed by atoms with E-state index >= 15 is 0 Å². The molecule has 2 aliphatic heterocycles. The van der Waals surface area contributed by atoms with Crippen molar-refractivity contribution in [3.63, 3.8) is 0 Å². The molecule has 2 heterocycles. The Bertz CT molecular complexity index is 820. The number of piperidine rings is 1. The average molecular weight is 389 g/mol. The smallest absolute Gasteiger partial charge is 0.191 e. The molecule has 3 aliphatic rings. The fourth-order valence-corrected chi connectivity index (χ4v) is 5.41. The van der Waals surface area contributed by atoms with Crippen molar-refractivity contribution in [2.45, 2.75) is 68.7 Å². The van der Waals surface area contributed by atoms with Gasteiger partial charge in [0.1, 0.15) is 0 Å². The zero-order valence-corrected chi connectivity index (χ0v) is 17.3. The SMILES string of the molecule is CN=C(NC1CC2CCC(C1)N2Cc1ccccc1)NC1CC1c1ccccc1. The van der Waals surface area contributed by atoms with Crippen molar-refractivity contribution in [2.75, 3.05) is 7.05 Å². The highest BCUT2D eigenvalue weighted by atomic mass is 15.3. The Hall–Kier alpha value is -2.33. The van der Waals surface area contributed by atoms with Crippen molar-refractivity contribution in [2.24, 2.45) is 4.99 Å². The van der Waals surface area contributed by atoms with E-state index in [1.165, 1.54) is 43.2 Å². The van der Waals surface area contributed by atoms with Crippen LogP contribution in [-0.2, 0) is 6.54 Å². The molecule has 0 radical (unpaired) electrons. The van der Waals surface area contributed by atoms with E-state index in [4.69, 9.17) is 0 Å². The van der Waals surface area contributed by atoms with Crippen LogP contribution in [0.2, 0.25) is 0 Å². The van der Waals surface area contributed by atoms with E-state index in [0.29, 0.717) is 30.1 Å². The van der Waals surface area contributed by atoms with Gasteiger partial charge in [0, 0.05) is 43.7 Å². The van der Waals surface area contributed by atoms with Gasteiger partial charge < -0.3 is 10.6 Å². The number of guanidine groups is 1. The minimum absolute atomic E-state index is 0.512. The first-order chi connectivity index (χ1) is 14.3. The molecule has 1 aliphatic carbocycles. The first-order valence-electron chi connectivity index (χ1n) is 11.1. The van der Waals surface area contributed by atoms with Crippen LogP contribution >= 0.6 is 0 Å². The molecule has 4 atom stereocenters. The molecule has 0 spiro atoms. The van der Waals surface area contributed by atoms with Crippen LogP contribution < -0.4 is 10.6 Å². The van der Waals surface area contributed by atoms with E-state index in [1.54, 1.807) is 0 Å². The third-order valence-corrected chi connectivity index (χ3v) is 7.00. The Morgan fingerprint density at radius 2 is 1.55 bits per heavy atom. The summed E-state index contributed by atoms with van der Waals surface area (Å²) in [6, 6.07) is 24.2. The van der Waals surface area contributed by atoms with Gasteiger partial charge in [-0.15, -0.1) is 0 Å². The van der Waals surface area contributed by atoms with Crippen molar-refractivity contribution in [3.05, 3.63) is 71.8 Å². The summed E-state index contributed by atoms with van der Waals surface area (Å²) in [5, 5.41) is 7.41. The molecule has 5 rings (SSSR count). The van der Waals surface area contributed by atoms with Crippen LogP contribution in [0.3, 0.4) is 0 Å². The number of rotatable bonds is 5. The molecule has 29 heavy (non-hydrogen) atoms. The standard InChI is InChI=1S/C25H32N4/c1-26-25(28-24-16-23(24)19-10-6-3-7-11-19)27-20-14-21-12-13-22(15-20)29(21)17-18-8-4-2-5-9-18/h2-11,20-24H,12-17H2,1H3,(H2,26,27,28). The second-order valence-corrected chi connectivity index (χ2v) is 8.93. The van der Waals surface area contributed by atoms with Crippen molar-refractivity contribution in [1.29, 1.82) is 0 Å². The summed E-state index contributed by atoms with van der Waals surface area (Å²) in [4.78, 5) is 7.27. The summed E-state index contributed by atoms with van der Waals surface area (Å²) >= 11 is 0. The molecule has 0 amide bonds. The molecule has 2 saturated heterocycles. The van der Waals surface area contributed by atoms with Crippen LogP contribution in [0, 0.1) is 0 Å². The van der Waals surface area contributed by atoms with Gasteiger partial charge in [0.05, 0.1) is 0 Å². The molecule has 2 aromatic rings. The Morgan fingerprint density at radius 1 is 0.897 bits per heavy atom. The molecular weight excluding hydrogens is 356 g/mol. The summed E-state index contributed by atoms with van der Waals surface area (Å²) in [6.07, 6.45) is 6.31.